The molecule has 0 unspecified atom stereocenters. The highest BCUT2D eigenvalue weighted by Gasteiger charge is 2.11. The lowest BCUT2D eigenvalue weighted by molar-refractivity contribution is 0.726. The minimum atomic E-state index is 0.433. The summed E-state index contributed by atoms with van der Waals surface area (Å²) >= 11 is 0. The normalized spacial score (nSPS) is 15.6. The average molecular weight is 351 g/mol. The quantitative estimate of drug-likeness (QED) is 0.632. The van der Waals surface area contributed by atoms with E-state index in [1.165, 1.54) is 31.2 Å². The SMILES string of the molecule is CCc1ccc(NC(N)=NCc2ccnc(N3CCCCCC3)c2)cc1. The molecule has 2 heterocycles. The van der Waals surface area contributed by atoms with E-state index in [-0.39, 0.29) is 0 Å². The van der Waals surface area contributed by atoms with Gasteiger partial charge in [-0.1, -0.05) is 31.9 Å². The van der Waals surface area contributed by atoms with Crippen LogP contribution in [-0.4, -0.2) is 24.0 Å². The van der Waals surface area contributed by atoms with Crippen LogP contribution in [0.2, 0.25) is 0 Å². The molecule has 5 nitrogen and oxygen atoms in total. The summed E-state index contributed by atoms with van der Waals surface area (Å²) in [6, 6.07) is 12.4. The van der Waals surface area contributed by atoms with Gasteiger partial charge in [-0.15, -0.1) is 0 Å². The fourth-order valence-corrected chi connectivity index (χ4v) is 3.22. The Morgan fingerprint density at radius 3 is 2.50 bits per heavy atom. The van der Waals surface area contributed by atoms with Gasteiger partial charge >= 0.3 is 0 Å². The summed E-state index contributed by atoms with van der Waals surface area (Å²) in [4.78, 5) is 11.4. The molecule has 0 amide bonds. The zero-order valence-corrected chi connectivity index (χ0v) is 15.6. The predicted molar refractivity (Wildman–Crippen MR) is 110 cm³/mol. The Bertz CT molecular complexity index is 715. The first kappa shape index (κ1) is 18.2. The van der Waals surface area contributed by atoms with E-state index in [4.69, 9.17) is 5.73 Å². The maximum Gasteiger partial charge on any atom is 0.193 e. The second kappa shape index (κ2) is 9.22. The van der Waals surface area contributed by atoms with Crippen LogP contribution < -0.4 is 16.0 Å². The van der Waals surface area contributed by atoms with Crippen LogP contribution >= 0.6 is 0 Å². The Morgan fingerprint density at radius 2 is 1.81 bits per heavy atom. The van der Waals surface area contributed by atoms with Gasteiger partial charge in [0.1, 0.15) is 5.82 Å². The Labute approximate surface area is 156 Å². The number of guanidine groups is 1. The number of aromatic nitrogens is 1. The van der Waals surface area contributed by atoms with Gasteiger partial charge in [0.25, 0.3) is 0 Å². The van der Waals surface area contributed by atoms with Crippen LogP contribution in [-0.2, 0) is 13.0 Å². The summed E-state index contributed by atoms with van der Waals surface area (Å²) in [6.45, 7) is 4.89. The fourth-order valence-electron chi connectivity index (χ4n) is 3.22. The third-order valence-electron chi connectivity index (χ3n) is 4.81. The number of rotatable bonds is 5. The van der Waals surface area contributed by atoms with E-state index < -0.39 is 0 Å². The van der Waals surface area contributed by atoms with E-state index in [1.54, 1.807) is 0 Å². The molecular weight excluding hydrogens is 322 g/mol. The standard InChI is InChI=1S/C21H29N5/c1-2-17-7-9-19(10-8-17)25-21(22)24-16-18-11-12-23-20(15-18)26-13-5-3-4-6-14-26/h7-12,15H,2-6,13-14,16H2,1H3,(H3,22,24,25). The Kier molecular flexibility index (Phi) is 6.47. The van der Waals surface area contributed by atoms with Gasteiger partial charge in [-0.05, 0) is 54.7 Å². The van der Waals surface area contributed by atoms with Crippen molar-refractivity contribution in [1.29, 1.82) is 0 Å². The molecule has 0 bridgehead atoms. The number of pyridine rings is 1. The van der Waals surface area contributed by atoms with E-state index in [1.807, 2.05) is 24.4 Å². The molecule has 3 N–H and O–H groups in total. The minimum Gasteiger partial charge on any atom is -0.370 e. The number of hydrogen-bond donors (Lipinski definition) is 2. The molecular formula is C21H29N5. The summed E-state index contributed by atoms with van der Waals surface area (Å²) in [5.74, 6) is 1.49. The average Bonchev–Trinajstić information content (AvgIpc) is 2.97. The largest absolute Gasteiger partial charge is 0.370 e. The van der Waals surface area contributed by atoms with Crippen molar-refractivity contribution < 1.29 is 0 Å². The van der Waals surface area contributed by atoms with Gasteiger partial charge in [0, 0.05) is 25.0 Å². The first-order valence-electron chi connectivity index (χ1n) is 9.60. The maximum atomic E-state index is 6.04. The van der Waals surface area contributed by atoms with Crippen LogP contribution in [0.25, 0.3) is 0 Å². The van der Waals surface area contributed by atoms with Crippen LogP contribution in [0.1, 0.15) is 43.7 Å². The summed E-state index contributed by atoms with van der Waals surface area (Å²) in [5, 5.41) is 3.15. The number of benzene rings is 1. The zero-order valence-electron chi connectivity index (χ0n) is 15.6. The lowest BCUT2D eigenvalue weighted by atomic mass is 10.1. The van der Waals surface area contributed by atoms with Crippen molar-refractivity contribution in [3.63, 3.8) is 0 Å². The molecule has 0 atom stereocenters. The van der Waals surface area contributed by atoms with E-state index >= 15 is 0 Å². The second-order valence-electron chi connectivity index (χ2n) is 6.80. The molecule has 1 saturated heterocycles. The van der Waals surface area contributed by atoms with Gasteiger partial charge in [-0.3, -0.25) is 0 Å². The van der Waals surface area contributed by atoms with Crippen molar-refractivity contribution >= 4 is 17.5 Å². The molecule has 2 aromatic rings. The highest BCUT2D eigenvalue weighted by atomic mass is 15.2. The molecule has 1 fully saturated rings. The van der Waals surface area contributed by atoms with Crippen LogP contribution in [0.15, 0.2) is 47.6 Å². The number of hydrogen-bond acceptors (Lipinski definition) is 3. The van der Waals surface area contributed by atoms with E-state index in [0.717, 1.165) is 36.6 Å². The Balaban J connectivity index is 1.60. The number of anilines is 2. The number of aliphatic imine (C=N–C) groups is 1. The van der Waals surface area contributed by atoms with E-state index in [2.05, 4.69) is 45.3 Å². The smallest absolute Gasteiger partial charge is 0.193 e. The summed E-state index contributed by atoms with van der Waals surface area (Å²) in [6.07, 6.45) is 8.04. The lowest BCUT2D eigenvalue weighted by Crippen LogP contribution is -2.25. The Morgan fingerprint density at radius 1 is 1.08 bits per heavy atom. The Hall–Kier alpha value is -2.56. The summed E-state index contributed by atoms with van der Waals surface area (Å²) in [5.41, 5.74) is 9.44. The molecule has 26 heavy (non-hydrogen) atoms. The molecule has 1 aromatic carbocycles. The van der Waals surface area contributed by atoms with Gasteiger partial charge < -0.3 is 16.0 Å². The van der Waals surface area contributed by atoms with Gasteiger partial charge in [0.05, 0.1) is 6.54 Å². The first-order chi connectivity index (χ1) is 12.7. The van der Waals surface area contributed by atoms with Crippen LogP contribution in [0.3, 0.4) is 0 Å². The number of nitrogens with one attached hydrogen (secondary N) is 1. The predicted octanol–water partition coefficient (Wildman–Crippen LogP) is 3.95. The molecule has 1 aliphatic heterocycles. The van der Waals surface area contributed by atoms with Gasteiger partial charge in [-0.2, -0.15) is 0 Å². The lowest BCUT2D eigenvalue weighted by Gasteiger charge is -2.21. The fraction of sp³-hybridized carbons (Fsp3) is 0.429. The molecule has 0 aliphatic carbocycles. The summed E-state index contributed by atoms with van der Waals surface area (Å²) in [7, 11) is 0. The first-order valence-corrected chi connectivity index (χ1v) is 9.60. The van der Waals surface area contributed by atoms with E-state index in [0.29, 0.717) is 12.5 Å². The van der Waals surface area contributed by atoms with Crippen LogP contribution in [0.5, 0.6) is 0 Å². The van der Waals surface area contributed by atoms with E-state index in [9.17, 15) is 0 Å². The van der Waals surface area contributed by atoms with Gasteiger partial charge in [-0.25, -0.2) is 9.98 Å². The van der Waals surface area contributed by atoms with Crippen molar-refractivity contribution in [3.05, 3.63) is 53.7 Å². The number of nitrogens with zero attached hydrogens (tertiary/aromatic N) is 3. The highest BCUT2D eigenvalue weighted by Crippen LogP contribution is 2.18. The van der Waals surface area contributed by atoms with Crippen molar-refractivity contribution in [1.82, 2.24) is 4.98 Å². The molecule has 1 aromatic heterocycles. The molecule has 1 aliphatic rings. The molecule has 0 saturated carbocycles. The third-order valence-corrected chi connectivity index (χ3v) is 4.81. The van der Waals surface area contributed by atoms with Crippen molar-refractivity contribution in [2.24, 2.45) is 10.7 Å². The van der Waals surface area contributed by atoms with Crippen molar-refractivity contribution in [3.8, 4) is 0 Å². The van der Waals surface area contributed by atoms with Gasteiger partial charge in [0.2, 0.25) is 0 Å². The molecule has 0 spiro atoms. The zero-order chi connectivity index (χ0) is 18.2. The molecule has 0 radical (unpaired) electrons. The highest BCUT2D eigenvalue weighted by molar-refractivity contribution is 5.92. The number of nitrogens with two attached hydrogens (primary N) is 1. The second-order valence-corrected chi connectivity index (χ2v) is 6.80. The minimum absolute atomic E-state index is 0.433. The van der Waals surface area contributed by atoms with Gasteiger partial charge in [0.15, 0.2) is 5.96 Å². The third kappa shape index (κ3) is 5.22. The molecule has 3 rings (SSSR count). The molecule has 138 valence electrons. The number of aryl methyl sites for hydroxylation is 1. The monoisotopic (exact) mass is 351 g/mol. The maximum absolute atomic E-state index is 6.04. The molecule has 5 heteroatoms. The van der Waals surface area contributed by atoms with Crippen LogP contribution in [0.4, 0.5) is 11.5 Å². The van der Waals surface area contributed by atoms with Crippen molar-refractivity contribution in [2.75, 3.05) is 23.3 Å². The van der Waals surface area contributed by atoms with Crippen LogP contribution in [0, 0.1) is 0 Å². The topological polar surface area (TPSA) is 66.5 Å². The van der Waals surface area contributed by atoms with Crippen molar-refractivity contribution in [2.45, 2.75) is 45.6 Å². The summed E-state index contributed by atoms with van der Waals surface area (Å²) < 4.78 is 0.